The van der Waals surface area contributed by atoms with E-state index in [1.165, 1.54) is 0 Å². The smallest absolute Gasteiger partial charge is 0.475 e. The zero-order valence-electron chi connectivity index (χ0n) is 16.4. The van der Waals surface area contributed by atoms with Crippen molar-refractivity contribution in [3.8, 4) is 0 Å². The molecule has 2 aliphatic heterocycles. The van der Waals surface area contributed by atoms with Crippen LogP contribution in [0.25, 0.3) is 0 Å². The number of rotatable bonds is 5. The molecule has 1 aromatic rings. The van der Waals surface area contributed by atoms with Gasteiger partial charge in [0.15, 0.2) is 0 Å². The minimum Gasteiger partial charge on any atom is -0.475 e. The Hall–Kier alpha value is -1.81. The number of alkyl halides is 3. The Morgan fingerprint density at radius 1 is 1.38 bits per heavy atom. The van der Waals surface area contributed by atoms with Crippen LogP contribution in [0.5, 0.6) is 0 Å². The van der Waals surface area contributed by atoms with Gasteiger partial charge in [-0.2, -0.15) is 13.2 Å². The molecular weight excluding hydrogens is 409 g/mol. The number of carboxylic acid groups (broad SMARTS) is 1. The van der Waals surface area contributed by atoms with Crippen LogP contribution < -0.4 is 0 Å². The molecule has 29 heavy (non-hydrogen) atoms. The monoisotopic (exact) mass is 434 g/mol. The largest absolute Gasteiger partial charge is 0.490 e. The number of aryl methyl sites for hydroxylation is 1. The molecule has 1 amide bonds. The van der Waals surface area contributed by atoms with Gasteiger partial charge in [-0.3, -0.25) is 9.78 Å². The number of amides is 1. The summed E-state index contributed by atoms with van der Waals surface area (Å²) in [4.78, 5) is 27.2. The summed E-state index contributed by atoms with van der Waals surface area (Å²) in [6.07, 6.45) is -2.13. The first-order valence-electron chi connectivity index (χ1n) is 9.30. The molecule has 0 aliphatic carbocycles. The molecule has 1 N–H and O–H groups in total. The van der Waals surface area contributed by atoms with Crippen LogP contribution in [0.1, 0.15) is 37.6 Å². The molecule has 1 spiro atoms. The molecule has 10 heteroatoms. The van der Waals surface area contributed by atoms with Crippen LogP contribution in [-0.4, -0.2) is 62.7 Å². The average Bonchev–Trinajstić information content (AvgIpc) is 3.03. The second-order valence-corrected chi connectivity index (χ2v) is 8.69. The van der Waals surface area contributed by atoms with Crippen molar-refractivity contribution in [3.05, 3.63) is 29.6 Å². The zero-order chi connectivity index (χ0) is 21.7. The van der Waals surface area contributed by atoms with E-state index in [4.69, 9.17) is 14.6 Å². The number of aromatic nitrogens is 1. The van der Waals surface area contributed by atoms with Crippen molar-refractivity contribution in [2.24, 2.45) is 0 Å². The van der Waals surface area contributed by atoms with Crippen LogP contribution in [0.4, 0.5) is 13.2 Å². The first-order chi connectivity index (χ1) is 13.5. The van der Waals surface area contributed by atoms with Crippen LogP contribution in [0.3, 0.4) is 0 Å². The van der Waals surface area contributed by atoms with E-state index < -0.39 is 12.1 Å². The third-order valence-corrected chi connectivity index (χ3v) is 6.18. The van der Waals surface area contributed by atoms with Crippen LogP contribution in [0, 0.1) is 6.92 Å². The normalized spacial score (nSPS) is 20.0. The van der Waals surface area contributed by atoms with E-state index in [2.05, 4.69) is 11.9 Å². The van der Waals surface area contributed by atoms with E-state index in [0.29, 0.717) is 18.9 Å². The number of carboxylic acids is 1. The maximum atomic E-state index is 11.9. The first-order valence-corrected chi connectivity index (χ1v) is 10.3. The quantitative estimate of drug-likeness (QED) is 0.765. The van der Waals surface area contributed by atoms with Crippen LogP contribution >= 0.6 is 11.8 Å². The molecule has 3 rings (SSSR count). The molecule has 2 saturated heterocycles. The first kappa shape index (κ1) is 23.5. The SMILES string of the molecule is CCCC(=O)N1CC2(CC(OCc3cccc(C)n3)CS2)C1.O=C(O)C(F)(F)F. The van der Waals surface area contributed by atoms with Gasteiger partial charge in [0.2, 0.25) is 5.91 Å². The summed E-state index contributed by atoms with van der Waals surface area (Å²) in [5.74, 6) is -1.42. The fraction of sp³-hybridized carbons (Fsp3) is 0.632. The Labute approximate surface area is 171 Å². The fourth-order valence-electron chi connectivity index (χ4n) is 3.21. The summed E-state index contributed by atoms with van der Waals surface area (Å²) in [5, 5.41) is 7.12. The van der Waals surface area contributed by atoms with Crippen molar-refractivity contribution in [2.45, 2.75) is 56.7 Å². The molecule has 1 aromatic heterocycles. The lowest BCUT2D eigenvalue weighted by Crippen LogP contribution is -2.60. The summed E-state index contributed by atoms with van der Waals surface area (Å²) < 4.78 is 38.0. The molecule has 0 saturated carbocycles. The van der Waals surface area contributed by atoms with Gasteiger partial charge in [0.05, 0.1) is 23.2 Å². The van der Waals surface area contributed by atoms with E-state index in [1.54, 1.807) is 0 Å². The highest BCUT2D eigenvalue weighted by Crippen LogP contribution is 2.46. The van der Waals surface area contributed by atoms with Gasteiger partial charge in [-0.25, -0.2) is 4.79 Å². The number of likely N-dealkylation sites (tertiary alicyclic amines) is 1. The van der Waals surface area contributed by atoms with Gasteiger partial charge in [-0.05, 0) is 31.9 Å². The Kier molecular flexibility index (Phi) is 7.93. The standard InChI is InChI=1S/C17H24N2O2S.C2HF3O2/c1-3-5-16(20)19-11-17(12-19)8-15(10-22-17)21-9-14-7-4-6-13(2)18-14;3-2(4,5)1(6)7/h4,6-7,15H,3,5,8-12H2,1-2H3;(H,6,7). The van der Waals surface area contributed by atoms with Crippen molar-refractivity contribution >= 4 is 23.6 Å². The molecular formula is C19H25F3N2O4S. The second-order valence-electron chi connectivity index (χ2n) is 7.20. The van der Waals surface area contributed by atoms with E-state index in [0.717, 1.165) is 43.1 Å². The van der Waals surface area contributed by atoms with Crippen LogP contribution in [0.15, 0.2) is 18.2 Å². The van der Waals surface area contributed by atoms with Crippen molar-refractivity contribution in [2.75, 3.05) is 18.8 Å². The molecule has 0 aromatic carbocycles. The van der Waals surface area contributed by atoms with Crippen molar-refractivity contribution < 1.29 is 32.6 Å². The van der Waals surface area contributed by atoms with Gasteiger partial charge in [0.25, 0.3) is 0 Å². The number of pyridine rings is 1. The lowest BCUT2D eigenvalue weighted by Gasteiger charge is -2.47. The molecule has 3 heterocycles. The number of carbonyl (C=O) groups is 2. The number of halogens is 3. The van der Waals surface area contributed by atoms with E-state index >= 15 is 0 Å². The number of thioether (sulfide) groups is 1. The lowest BCUT2D eigenvalue weighted by atomic mass is 9.92. The van der Waals surface area contributed by atoms with E-state index in [9.17, 15) is 18.0 Å². The maximum absolute atomic E-state index is 11.9. The lowest BCUT2D eigenvalue weighted by molar-refractivity contribution is -0.192. The molecule has 162 valence electrons. The minimum absolute atomic E-state index is 0.258. The van der Waals surface area contributed by atoms with E-state index in [1.807, 2.05) is 41.8 Å². The number of carbonyl (C=O) groups excluding carboxylic acids is 1. The summed E-state index contributed by atoms with van der Waals surface area (Å²) in [6.45, 7) is 6.45. The minimum atomic E-state index is -5.08. The highest BCUT2D eigenvalue weighted by atomic mass is 32.2. The number of hydrogen-bond acceptors (Lipinski definition) is 5. The highest BCUT2D eigenvalue weighted by Gasteiger charge is 2.50. The van der Waals surface area contributed by atoms with E-state index in [-0.39, 0.29) is 10.9 Å². The molecule has 2 fully saturated rings. The van der Waals surface area contributed by atoms with Gasteiger partial charge in [-0.1, -0.05) is 13.0 Å². The zero-order valence-corrected chi connectivity index (χ0v) is 17.2. The number of aliphatic carboxylic acids is 1. The summed E-state index contributed by atoms with van der Waals surface area (Å²) in [7, 11) is 0. The molecule has 6 nitrogen and oxygen atoms in total. The molecule has 0 radical (unpaired) electrons. The molecule has 1 atom stereocenters. The number of nitrogens with zero attached hydrogens (tertiary/aromatic N) is 2. The van der Waals surface area contributed by atoms with Crippen LogP contribution in [-0.2, 0) is 20.9 Å². The predicted molar refractivity (Wildman–Crippen MR) is 103 cm³/mol. The number of hydrogen-bond donors (Lipinski definition) is 1. The van der Waals surface area contributed by atoms with Gasteiger partial charge in [0.1, 0.15) is 0 Å². The number of ether oxygens (including phenoxy) is 1. The topological polar surface area (TPSA) is 79.7 Å². The third kappa shape index (κ3) is 6.88. The van der Waals surface area contributed by atoms with Crippen molar-refractivity contribution in [1.82, 2.24) is 9.88 Å². The van der Waals surface area contributed by atoms with Gasteiger partial charge in [-0.15, -0.1) is 11.8 Å². The Balaban J connectivity index is 0.000000370. The molecule has 2 aliphatic rings. The molecule has 0 bridgehead atoms. The van der Waals surface area contributed by atoms with Crippen molar-refractivity contribution in [3.63, 3.8) is 0 Å². The molecule has 1 unspecified atom stereocenters. The summed E-state index contributed by atoms with van der Waals surface area (Å²) in [5.41, 5.74) is 2.03. The third-order valence-electron chi connectivity index (χ3n) is 4.61. The van der Waals surface area contributed by atoms with Gasteiger partial charge < -0.3 is 14.7 Å². The average molecular weight is 434 g/mol. The van der Waals surface area contributed by atoms with Gasteiger partial charge in [0, 0.05) is 31.0 Å². The summed E-state index contributed by atoms with van der Waals surface area (Å²) >= 11 is 1.98. The second kappa shape index (κ2) is 9.80. The highest BCUT2D eigenvalue weighted by molar-refractivity contribution is 8.01. The maximum Gasteiger partial charge on any atom is 0.490 e. The van der Waals surface area contributed by atoms with Crippen molar-refractivity contribution in [1.29, 1.82) is 0 Å². The Morgan fingerprint density at radius 2 is 2.03 bits per heavy atom. The van der Waals surface area contributed by atoms with Crippen LogP contribution in [0.2, 0.25) is 0 Å². The summed E-state index contributed by atoms with van der Waals surface area (Å²) in [6, 6.07) is 6.04. The Bertz CT molecular complexity index is 724. The van der Waals surface area contributed by atoms with Gasteiger partial charge >= 0.3 is 12.1 Å². The fourth-order valence-corrected chi connectivity index (χ4v) is 4.76. The Morgan fingerprint density at radius 3 is 2.59 bits per heavy atom. The predicted octanol–water partition coefficient (Wildman–Crippen LogP) is 3.43.